The maximum atomic E-state index is 13.1. The van der Waals surface area contributed by atoms with Crippen LogP contribution in [0.4, 0.5) is 10.1 Å². The van der Waals surface area contributed by atoms with Crippen LogP contribution in [0.3, 0.4) is 0 Å². The molecule has 4 nitrogen and oxygen atoms in total. The summed E-state index contributed by atoms with van der Waals surface area (Å²) in [5.41, 5.74) is 1.13. The molecule has 1 aromatic carbocycles. The lowest BCUT2D eigenvalue weighted by Gasteiger charge is -2.33. The third-order valence-electron chi connectivity index (χ3n) is 3.72. The number of anilines is 1. The number of nitriles is 1. The van der Waals surface area contributed by atoms with Crippen molar-refractivity contribution in [3.8, 4) is 6.07 Å². The maximum absolute atomic E-state index is 13.1. The standard InChI is InChI=1S/C15H17FN2O2/c1-20-15(19)8-11-4-6-18(7-5-11)14-3-2-13(16)9-12(14)10-17/h2-3,9,11H,4-8H2,1H3. The summed E-state index contributed by atoms with van der Waals surface area (Å²) in [6, 6.07) is 6.31. The van der Waals surface area contributed by atoms with Crippen LogP contribution in [0.25, 0.3) is 0 Å². The number of nitrogens with zero attached hydrogens (tertiary/aromatic N) is 2. The van der Waals surface area contributed by atoms with Gasteiger partial charge in [0.05, 0.1) is 18.4 Å². The summed E-state index contributed by atoms with van der Waals surface area (Å²) < 4.78 is 17.8. The fourth-order valence-corrected chi connectivity index (χ4v) is 2.57. The number of piperidine rings is 1. The molecule has 0 aliphatic carbocycles. The second-order valence-electron chi connectivity index (χ2n) is 4.98. The Kier molecular flexibility index (Phi) is 4.57. The molecule has 1 aliphatic rings. The van der Waals surface area contributed by atoms with Gasteiger partial charge in [-0.2, -0.15) is 5.26 Å². The molecule has 0 amide bonds. The number of halogens is 1. The molecule has 1 heterocycles. The molecule has 0 spiro atoms. The summed E-state index contributed by atoms with van der Waals surface area (Å²) in [5.74, 6) is -0.251. The van der Waals surface area contributed by atoms with Gasteiger partial charge in [0.25, 0.3) is 0 Å². The van der Waals surface area contributed by atoms with Gasteiger partial charge in [-0.05, 0) is 37.0 Å². The van der Waals surface area contributed by atoms with Gasteiger partial charge in [0.2, 0.25) is 0 Å². The van der Waals surface area contributed by atoms with Crippen LogP contribution in [0, 0.1) is 23.1 Å². The van der Waals surface area contributed by atoms with E-state index in [1.54, 1.807) is 6.07 Å². The summed E-state index contributed by atoms with van der Waals surface area (Å²) >= 11 is 0. The van der Waals surface area contributed by atoms with E-state index in [9.17, 15) is 9.18 Å². The molecule has 1 saturated heterocycles. The van der Waals surface area contributed by atoms with E-state index >= 15 is 0 Å². The molecule has 0 N–H and O–H groups in total. The van der Waals surface area contributed by atoms with E-state index in [0.29, 0.717) is 17.9 Å². The first-order valence-electron chi connectivity index (χ1n) is 6.65. The zero-order valence-electron chi connectivity index (χ0n) is 11.4. The molecule has 106 valence electrons. The van der Waals surface area contributed by atoms with Crippen LogP contribution in [-0.4, -0.2) is 26.2 Å². The Morgan fingerprint density at radius 2 is 2.20 bits per heavy atom. The van der Waals surface area contributed by atoms with Crippen molar-refractivity contribution in [2.24, 2.45) is 5.92 Å². The van der Waals surface area contributed by atoms with Crippen LogP contribution in [0.5, 0.6) is 0 Å². The van der Waals surface area contributed by atoms with Crippen LogP contribution < -0.4 is 4.90 Å². The van der Waals surface area contributed by atoms with E-state index in [0.717, 1.165) is 31.6 Å². The SMILES string of the molecule is COC(=O)CC1CCN(c2ccc(F)cc2C#N)CC1. The van der Waals surface area contributed by atoms with Gasteiger partial charge in [0.1, 0.15) is 11.9 Å². The lowest BCUT2D eigenvalue weighted by atomic mass is 9.93. The zero-order chi connectivity index (χ0) is 14.5. The molecule has 2 rings (SSSR count). The molecule has 0 aromatic heterocycles. The van der Waals surface area contributed by atoms with Crippen LogP contribution in [-0.2, 0) is 9.53 Å². The van der Waals surface area contributed by atoms with Crippen molar-refractivity contribution in [2.45, 2.75) is 19.3 Å². The Bertz CT molecular complexity index is 531. The van der Waals surface area contributed by atoms with Crippen molar-refractivity contribution in [3.63, 3.8) is 0 Å². The van der Waals surface area contributed by atoms with Gasteiger partial charge in [-0.15, -0.1) is 0 Å². The lowest BCUT2D eigenvalue weighted by molar-refractivity contribution is -0.141. The number of ether oxygens (including phenoxy) is 1. The van der Waals surface area contributed by atoms with E-state index < -0.39 is 5.82 Å². The highest BCUT2D eigenvalue weighted by molar-refractivity contribution is 5.69. The molecule has 1 aliphatic heterocycles. The van der Waals surface area contributed by atoms with Crippen LogP contribution >= 0.6 is 0 Å². The van der Waals surface area contributed by atoms with Crippen molar-refractivity contribution < 1.29 is 13.9 Å². The number of benzene rings is 1. The molecular weight excluding hydrogens is 259 g/mol. The van der Waals surface area contributed by atoms with Gasteiger partial charge >= 0.3 is 5.97 Å². The molecular formula is C15H17FN2O2. The largest absolute Gasteiger partial charge is 0.469 e. The Morgan fingerprint density at radius 3 is 2.80 bits per heavy atom. The topological polar surface area (TPSA) is 53.3 Å². The van der Waals surface area contributed by atoms with Gasteiger partial charge in [0, 0.05) is 19.5 Å². The fourth-order valence-electron chi connectivity index (χ4n) is 2.57. The lowest BCUT2D eigenvalue weighted by Crippen LogP contribution is -2.34. The maximum Gasteiger partial charge on any atom is 0.305 e. The number of carbonyl (C=O) groups excluding carboxylic acids is 1. The number of carbonyl (C=O) groups is 1. The molecule has 5 heteroatoms. The molecule has 0 atom stereocenters. The number of methoxy groups -OCH3 is 1. The van der Waals surface area contributed by atoms with Crippen molar-refractivity contribution in [2.75, 3.05) is 25.1 Å². The van der Waals surface area contributed by atoms with Crippen LogP contribution in [0.15, 0.2) is 18.2 Å². The van der Waals surface area contributed by atoms with Gasteiger partial charge < -0.3 is 9.64 Å². The molecule has 1 fully saturated rings. The Balaban J connectivity index is 2.01. The van der Waals surface area contributed by atoms with E-state index in [1.165, 1.54) is 19.2 Å². The smallest absolute Gasteiger partial charge is 0.305 e. The quantitative estimate of drug-likeness (QED) is 0.796. The highest BCUT2D eigenvalue weighted by Crippen LogP contribution is 2.28. The Labute approximate surface area is 117 Å². The van der Waals surface area contributed by atoms with E-state index in [4.69, 9.17) is 5.26 Å². The summed E-state index contributed by atoms with van der Waals surface area (Å²) in [6.45, 7) is 1.53. The summed E-state index contributed by atoms with van der Waals surface area (Å²) in [4.78, 5) is 13.3. The molecule has 0 saturated carbocycles. The van der Waals surface area contributed by atoms with E-state index in [1.807, 2.05) is 6.07 Å². The summed E-state index contributed by atoms with van der Waals surface area (Å²) in [5, 5.41) is 9.07. The van der Waals surface area contributed by atoms with E-state index in [2.05, 4.69) is 9.64 Å². The molecule has 1 aromatic rings. The summed E-state index contributed by atoms with van der Waals surface area (Å²) in [6.07, 6.45) is 2.19. The third kappa shape index (κ3) is 3.27. The monoisotopic (exact) mass is 276 g/mol. The predicted octanol–water partition coefficient (Wildman–Crippen LogP) is 2.48. The van der Waals surface area contributed by atoms with Gasteiger partial charge in [0.15, 0.2) is 0 Å². The number of rotatable bonds is 3. The number of hydrogen-bond acceptors (Lipinski definition) is 4. The van der Waals surface area contributed by atoms with Crippen molar-refractivity contribution in [3.05, 3.63) is 29.6 Å². The molecule has 0 radical (unpaired) electrons. The van der Waals surface area contributed by atoms with Crippen molar-refractivity contribution in [1.82, 2.24) is 0 Å². The molecule has 0 bridgehead atoms. The van der Waals surface area contributed by atoms with Gasteiger partial charge in [-0.25, -0.2) is 4.39 Å². The second-order valence-corrected chi connectivity index (χ2v) is 4.98. The second kappa shape index (κ2) is 6.38. The highest BCUT2D eigenvalue weighted by atomic mass is 19.1. The predicted molar refractivity (Wildman–Crippen MR) is 72.7 cm³/mol. The minimum Gasteiger partial charge on any atom is -0.469 e. The highest BCUT2D eigenvalue weighted by Gasteiger charge is 2.23. The minimum absolute atomic E-state index is 0.178. The Morgan fingerprint density at radius 1 is 1.50 bits per heavy atom. The first-order valence-corrected chi connectivity index (χ1v) is 6.65. The third-order valence-corrected chi connectivity index (χ3v) is 3.72. The van der Waals surface area contributed by atoms with E-state index in [-0.39, 0.29) is 5.97 Å². The average molecular weight is 276 g/mol. The number of esters is 1. The van der Waals surface area contributed by atoms with Crippen LogP contribution in [0.1, 0.15) is 24.8 Å². The van der Waals surface area contributed by atoms with Crippen molar-refractivity contribution >= 4 is 11.7 Å². The van der Waals surface area contributed by atoms with Crippen molar-refractivity contribution in [1.29, 1.82) is 5.26 Å². The Hall–Kier alpha value is -2.09. The van der Waals surface area contributed by atoms with Gasteiger partial charge in [-0.1, -0.05) is 0 Å². The zero-order valence-corrected chi connectivity index (χ0v) is 11.4. The summed E-state index contributed by atoms with van der Waals surface area (Å²) in [7, 11) is 1.40. The molecule has 0 unspecified atom stereocenters. The van der Waals surface area contributed by atoms with Gasteiger partial charge in [-0.3, -0.25) is 4.79 Å². The first-order chi connectivity index (χ1) is 9.63. The minimum atomic E-state index is -0.397. The fraction of sp³-hybridized carbons (Fsp3) is 0.467. The van der Waals surface area contributed by atoms with Crippen LogP contribution in [0.2, 0.25) is 0 Å². The average Bonchev–Trinajstić information content (AvgIpc) is 2.48. The normalized spacial score (nSPS) is 15.8. The first kappa shape index (κ1) is 14.3. The number of hydrogen-bond donors (Lipinski definition) is 0. The molecule has 20 heavy (non-hydrogen) atoms.